The van der Waals surface area contributed by atoms with Crippen LogP contribution in [0.15, 0.2) is 73.1 Å². The maximum atomic E-state index is 13.6. The molecule has 2 atom stereocenters. The molecule has 0 saturated carbocycles. The molecular weight excluding hydrogens is 360 g/mol. The molecule has 29 heavy (non-hydrogen) atoms. The van der Waals surface area contributed by atoms with Gasteiger partial charge in [0.1, 0.15) is 6.54 Å². The van der Waals surface area contributed by atoms with Gasteiger partial charge in [-0.05, 0) is 37.3 Å². The Labute approximate surface area is 171 Å². The zero-order valence-corrected chi connectivity index (χ0v) is 16.6. The fraction of sp³-hybridized carbons (Fsp3) is 0.250. The number of carbonyl (C=O) groups is 1. The summed E-state index contributed by atoms with van der Waals surface area (Å²) in [6.45, 7) is 3.44. The number of nitriles is 1. The molecule has 4 rings (SSSR count). The number of quaternary nitrogens is 1. The van der Waals surface area contributed by atoms with Crippen molar-refractivity contribution in [3.05, 3.63) is 84.2 Å². The molecule has 0 spiro atoms. The molecule has 5 nitrogen and oxygen atoms in total. The quantitative estimate of drug-likeness (QED) is 0.637. The van der Waals surface area contributed by atoms with Crippen LogP contribution in [0, 0.1) is 11.3 Å². The number of benzene rings is 2. The Morgan fingerprint density at radius 3 is 2.59 bits per heavy atom. The van der Waals surface area contributed by atoms with Gasteiger partial charge in [0.25, 0.3) is 0 Å². The Morgan fingerprint density at radius 2 is 1.86 bits per heavy atom. The maximum Gasteiger partial charge on any atom is 0.421 e. The number of nitrogens with one attached hydrogen (secondary N) is 1. The second kappa shape index (κ2) is 7.94. The first-order chi connectivity index (χ1) is 14.1. The fourth-order valence-electron chi connectivity index (χ4n) is 4.34. The lowest BCUT2D eigenvalue weighted by atomic mass is 10.1. The third-order valence-corrected chi connectivity index (χ3v) is 6.05. The number of nitrogens with zero attached hydrogens (tertiary/aromatic N) is 3. The van der Waals surface area contributed by atoms with Crippen LogP contribution in [0.4, 0.5) is 10.5 Å². The summed E-state index contributed by atoms with van der Waals surface area (Å²) in [5, 5.41) is 12.7. The molecule has 1 aromatic heterocycles. The number of urea groups is 1. The van der Waals surface area contributed by atoms with Crippen molar-refractivity contribution in [1.29, 1.82) is 5.26 Å². The van der Waals surface area contributed by atoms with Crippen LogP contribution in [-0.4, -0.2) is 27.7 Å². The van der Waals surface area contributed by atoms with Gasteiger partial charge in [0.05, 0.1) is 35.6 Å². The van der Waals surface area contributed by atoms with Crippen LogP contribution in [0.25, 0.3) is 5.69 Å². The smallest absolute Gasteiger partial charge is 0.322 e. The highest BCUT2D eigenvalue weighted by Gasteiger charge is 2.46. The summed E-state index contributed by atoms with van der Waals surface area (Å²) in [6, 6.07) is 21.8. The minimum atomic E-state index is -0.0117. The molecule has 1 N–H and O–H groups in total. The van der Waals surface area contributed by atoms with E-state index >= 15 is 0 Å². The number of para-hydroxylation sites is 2. The Hall–Kier alpha value is -3.36. The normalized spacial score (nSPS) is 20.9. The van der Waals surface area contributed by atoms with E-state index in [1.807, 2.05) is 77.6 Å². The summed E-state index contributed by atoms with van der Waals surface area (Å²) in [4.78, 5) is 13.6. The molecule has 2 amide bonds. The van der Waals surface area contributed by atoms with Gasteiger partial charge < -0.3 is 4.57 Å². The number of hydrogen-bond acceptors (Lipinski definition) is 2. The number of hydrogen-bond donors (Lipinski definition) is 1. The molecule has 146 valence electrons. The summed E-state index contributed by atoms with van der Waals surface area (Å²) < 4.78 is 2.32. The number of anilines is 1. The van der Waals surface area contributed by atoms with E-state index in [4.69, 9.17) is 0 Å². The van der Waals surface area contributed by atoms with Crippen LogP contribution in [0.5, 0.6) is 0 Å². The van der Waals surface area contributed by atoms with Gasteiger partial charge in [-0.25, -0.2) is 9.28 Å². The summed E-state index contributed by atoms with van der Waals surface area (Å²) in [5.74, 6) is 0. The second-order valence-corrected chi connectivity index (χ2v) is 7.71. The molecule has 1 fully saturated rings. The molecule has 1 saturated heterocycles. The molecule has 1 unspecified atom stereocenters. The van der Waals surface area contributed by atoms with Crippen molar-refractivity contribution in [2.45, 2.75) is 32.4 Å². The first kappa shape index (κ1) is 19.0. The number of likely N-dealkylation sites (tertiary alicyclic amines) is 1. The van der Waals surface area contributed by atoms with Crippen molar-refractivity contribution >= 4 is 11.7 Å². The van der Waals surface area contributed by atoms with Gasteiger partial charge in [0, 0.05) is 30.8 Å². The highest BCUT2D eigenvalue weighted by atomic mass is 16.2. The van der Waals surface area contributed by atoms with E-state index in [1.165, 1.54) is 0 Å². The summed E-state index contributed by atoms with van der Waals surface area (Å²) in [7, 11) is 0. The van der Waals surface area contributed by atoms with E-state index < -0.39 is 0 Å². The summed E-state index contributed by atoms with van der Waals surface area (Å²) in [6.07, 6.45) is 5.94. The third kappa shape index (κ3) is 3.55. The topological polar surface area (TPSA) is 57.8 Å². The van der Waals surface area contributed by atoms with E-state index in [-0.39, 0.29) is 12.1 Å². The molecule has 5 heteroatoms. The van der Waals surface area contributed by atoms with E-state index in [2.05, 4.69) is 18.3 Å². The van der Waals surface area contributed by atoms with Crippen molar-refractivity contribution in [3.63, 3.8) is 0 Å². The van der Waals surface area contributed by atoms with Crippen molar-refractivity contribution in [2.75, 3.05) is 11.9 Å². The van der Waals surface area contributed by atoms with Crippen LogP contribution < -0.4 is 5.32 Å². The lowest BCUT2D eigenvalue weighted by molar-refractivity contribution is -0.871. The fourth-order valence-corrected chi connectivity index (χ4v) is 4.34. The van der Waals surface area contributed by atoms with Crippen LogP contribution >= 0.6 is 0 Å². The Balaban J connectivity index is 1.67. The van der Waals surface area contributed by atoms with E-state index in [0.717, 1.165) is 36.3 Å². The average Bonchev–Trinajstić information content (AvgIpc) is 3.40. The van der Waals surface area contributed by atoms with Gasteiger partial charge in [0.2, 0.25) is 0 Å². The molecule has 0 radical (unpaired) electrons. The lowest BCUT2D eigenvalue weighted by Gasteiger charge is -2.36. The summed E-state index contributed by atoms with van der Waals surface area (Å²) >= 11 is 0. The molecule has 2 aromatic carbocycles. The maximum absolute atomic E-state index is 13.6. The predicted molar refractivity (Wildman–Crippen MR) is 113 cm³/mol. The van der Waals surface area contributed by atoms with Crippen molar-refractivity contribution < 1.29 is 9.28 Å². The number of rotatable bonds is 4. The average molecular weight is 385 g/mol. The van der Waals surface area contributed by atoms with Crippen molar-refractivity contribution in [3.8, 4) is 11.8 Å². The molecule has 1 aliphatic heterocycles. The zero-order chi connectivity index (χ0) is 20.3. The summed E-state index contributed by atoms with van der Waals surface area (Å²) in [5.41, 5.74) is 3.30. The van der Waals surface area contributed by atoms with Gasteiger partial charge in [-0.1, -0.05) is 30.3 Å². The largest absolute Gasteiger partial charge is 0.421 e. The van der Waals surface area contributed by atoms with Gasteiger partial charge in [-0.3, -0.25) is 5.32 Å². The monoisotopic (exact) mass is 385 g/mol. The van der Waals surface area contributed by atoms with Crippen molar-refractivity contribution in [1.82, 2.24) is 4.57 Å². The minimum absolute atomic E-state index is 0.0117. The predicted octanol–water partition coefficient (Wildman–Crippen LogP) is 5.08. The second-order valence-electron chi connectivity index (χ2n) is 7.71. The number of aromatic nitrogens is 1. The Kier molecular flexibility index (Phi) is 5.20. The molecule has 0 bridgehead atoms. The highest BCUT2D eigenvalue weighted by molar-refractivity contribution is 5.87. The molecule has 1 aliphatic rings. The van der Waals surface area contributed by atoms with Crippen LogP contribution in [0.2, 0.25) is 0 Å². The number of carbonyl (C=O) groups excluding carboxylic acids is 1. The van der Waals surface area contributed by atoms with E-state index in [0.29, 0.717) is 16.6 Å². The molecular formula is C24H25N4O+. The SMILES string of the molecule is C[C@@H]1CCC[N+]1(Cc1ccccc1C#N)C(=O)Nc1ccccc1-n1cccc1. The third-order valence-electron chi connectivity index (χ3n) is 6.05. The van der Waals surface area contributed by atoms with Gasteiger partial charge in [-0.2, -0.15) is 5.26 Å². The number of amides is 2. The molecule has 0 aliphatic carbocycles. The van der Waals surface area contributed by atoms with Gasteiger partial charge in [0.15, 0.2) is 0 Å². The first-order valence-corrected chi connectivity index (χ1v) is 10.0. The van der Waals surface area contributed by atoms with E-state index in [1.54, 1.807) is 0 Å². The first-order valence-electron chi connectivity index (χ1n) is 10.0. The van der Waals surface area contributed by atoms with Crippen LogP contribution in [0.3, 0.4) is 0 Å². The molecule has 2 heterocycles. The standard InChI is InChI=1S/C24H24N4O/c1-19-9-8-16-28(19,18-21-11-3-2-10-20(21)17-25)24(29)26-22-12-4-5-13-23(22)27-14-6-7-15-27/h2-7,10-15,19H,8-9,16,18H2,1H3/p+1/t19-,28?/m1/s1. The Morgan fingerprint density at radius 1 is 1.14 bits per heavy atom. The minimum Gasteiger partial charge on any atom is -0.322 e. The van der Waals surface area contributed by atoms with Crippen molar-refractivity contribution in [2.24, 2.45) is 0 Å². The van der Waals surface area contributed by atoms with Crippen LogP contribution in [0.1, 0.15) is 30.9 Å². The molecule has 3 aromatic rings. The Bertz CT molecular complexity index is 1050. The van der Waals surface area contributed by atoms with Gasteiger partial charge >= 0.3 is 6.03 Å². The highest BCUT2D eigenvalue weighted by Crippen LogP contribution is 2.33. The zero-order valence-electron chi connectivity index (χ0n) is 16.6. The van der Waals surface area contributed by atoms with Gasteiger partial charge in [-0.15, -0.1) is 0 Å². The van der Waals surface area contributed by atoms with E-state index in [9.17, 15) is 10.1 Å². The van der Waals surface area contributed by atoms with Crippen LogP contribution in [-0.2, 0) is 6.54 Å². The lowest BCUT2D eigenvalue weighted by Crippen LogP contribution is -2.56.